The molecule has 1 unspecified atom stereocenters. The molecule has 2 aliphatic heterocycles. The van der Waals surface area contributed by atoms with Gasteiger partial charge in [0.05, 0.1) is 6.10 Å². The van der Waals surface area contributed by atoms with Crippen molar-refractivity contribution in [2.45, 2.75) is 38.3 Å². The van der Waals surface area contributed by atoms with Crippen molar-refractivity contribution < 1.29 is 13.9 Å². The second-order valence-electron chi connectivity index (χ2n) is 8.77. The molecule has 5 heteroatoms. The molecule has 4 nitrogen and oxygen atoms in total. The van der Waals surface area contributed by atoms with Gasteiger partial charge in [0.2, 0.25) is 0 Å². The van der Waals surface area contributed by atoms with E-state index in [0.29, 0.717) is 25.6 Å². The predicted molar refractivity (Wildman–Crippen MR) is 123 cm³/mol. The Balaban J connectivity index is 1.34. The van der Waals surface area contributed by atoms with E-state index in [1.807, 2.05) is 47.4 Å². The van der Waals surface area contributed by atoms with E-state index in [4.69, 9.17) is 4.74 Å². The molecule has 168 valence electrons. The lowest BCUT2D eigenvalue weighted by molar-refractivity contribution is -0.127. The van der Waals surface area contributed by atoms with Crippen LogP contribution in [0.4, 0.5) is 4.39 Å². The van der Waals surface area contributed by atoms with Crippen molar-refractivity contribution in [1.29, 1.82) is 0 Å². The van der Waals surface area contributed by atoms with Gasteiger partial charge in [0.15, 0.2) is 0 Å². The fourth-order valence-electron chi connectivity index (χ4n) is 4.51. The quantitative estimate of drug-likeness (QED) is 0.642. The molecule has 0 radical (unpaired) electrons. The fourth-order valence-corrected chi connectivity index (χ4v) is 4.51. The van der Waals surface area contributed by atoms with E-state index in [2.05, 4.69) is 16.7 Å². The van der Waals surface area contributed by atoms with Crippen LogP contribution in [-0.4, -0.2) is 54.6 Å². The Morgan fingerprint density at radius 1 is 1.03 bits per heavy atom. The zero-order chi connectivity index (χ0) is 22.2. The maximum atomic E-state index is 14.0. The Kier molecular flexibility index (Phi) is 7.92. The number of nitrogens with zero attached hydrogens (tertiary/aromatic N) is 2. The minimum Gasteiger partial charge on any atom is -0.376 e. The molecule has 0 spiro atoms. The second kappa shape index (κ2) is 11.3. The van der Waals surface area contributed by atoms with Gasteiger partial charge in [-0.2, -0.15) is 0 Å². The first kappa shape index (κ1) is 22.5. The molecule has 2 saturated heterocycles. The minimum absolute atomic E-state index is 0.110. The standard InChI is InChI=1S/C27H31FN2O2/c28-26-11-5-4-9-24(26)20-29-16-14-23(15-17-29)19-30(21-25-10-6-18-32-25)27(31)13-12-22-7-2-1-3-8-22/h1-5,7-9,11,23,25H,6,10,14-21H2. The van der Waals surface area contributed by atoms with Gasteiger partial charge in [0.25, 0.3) is 5.91 Å². The summed E-state index contributed by atoms with van der Waals surface area (Å²) in [6.45, 7) is 4.55. The highest BCUT2D eigenvalue weighted by molar-refractivity contribution is 5.94. The lowest BCUT2D eigenvalue weighted by Gasteiger charge is -2.35. The van der Waals surface area contributed by atoms with E-state index in [9.17, 15) is 9.18 Å². The summed E-state index contributed by atoms with van der Waals surface area (Å²) < 4.78 is 19.8. The highest BCUT2D eigenvalue weighted by Crippen LogP contribution is 2.22. The molecule has 2 fully saturated rings. The molecule has 32 heavy (non-hydrogen) atoms. The zero-order valence-electron chi connectivity index (χ0n) is 18.5. The van der Waals surface area contributed by atoms with E-state index in [1.54, 1.807) is 6.07 Å². The Labute approximate surface area is 190 Å². The third-order valence-electron chi connectivity index (χ3n) is 6.36. The summed E-state index contributed by atoms with van der Waals surface area (Å²) in [5.41, 5.74) is 1.59. The maximum absolute atomic E-state index is 14.0. The lowest BCUT2D eigenvalue weighted by Crippen LogP contribution is -2.43. The summed E-state index contributed by atoms with van der Waals surface area (Å²) in [7, 11) is 0. The van der Waals surface area contributed by atoms with Crippen LogP contribution in [0.1, 0.15) is 36.8 Å². The van der Waals surface area contributed by atoms with Gasteiger partial charge >= 0.3 is 0 Å². The van der Waals surface area contributed by atoms with Crippen molar-refractivity contribution in [3.8, 4) is 11.8 Å². The van der Waals surface area contributed by atoms with Crippen molar-refractivity contribution in [2.24, 2.45) is 5.92 Å². The Bertz CT molecular complexity index is 939. The van der Waals surface area contributed by atoms with Gasteiger partial charge in [-0.25, -0.2) is 4.39 Å². The molecule has 4 rings (SSSR count). The molecule has 1 amide bonds. The molecule has 0 N–H and O–H groups in total. The molecular formula is C27H31FN2O2. The van der Waals surface area contributed by atoms with Gasteiger partial charge in [-0.15, -0.1) is 0 Å². The van der Waals surface area contributed by atoms with Crippen molar-refractivity contribution in [1.82, 2.24) is 9.80 Å². The summed E-state index contributed by atoms with van der Waals surface area (Å²) in [5.74, 6) is 6.00. The number of likely N-dealkylation sites (tertiary alicyclic amines) is 1. The average molecular weight is 435 g/mol. The minimum atomic E-state index is -0.139. The largest absolute Gasteiger partial charge is 0.376 e. The monoisotopic (exact) mass is 434 g/mol. The number of benzene rings is 2. The lowest BCUT2D eigenvalue weighted by atomic mass is 9.95. The van der Waals surface area contributed by atoms with E-state index in [0.717, 1.165) is 56.5 Å². The van der Waals surface area contributed by atoms with Gasteiger partial charge in [-0.1, -0.05) is 42.3 Å². The van der Waals surface area contributed by atoms with E-state index < -0.39 is 0 Å². The van der Waals surface area contributed by atoms with Crippen LogP contribution in [-0.2, 0) is 16.1 Å². The highest BCUT2D eigenvalue weighted by Gasteiger charge is 2.27. The third kappa shape index (κ3) is 6.41. The van der Waals surface area contributed by atoms with Gasteiger partial charge in [-0.3, -0.25) is 9.69 Å². The van der Waals surface area contributed by atoms with Crippen LogP contribution < -0.4 is 0 Å². The van der Waals surface area contributed by atoms with Crippen LogP contribution in [0.25, 0.3) is 0 Å². The number of hydrogen-bond acceptors (Lipinski definition) is 3. The summed E-state index contributed by atoms with van der Waals surface area (Å²) in [4.78, 5) is 17.2. The molecule has 0 bridgehead atoms. The Morgan fingerprint density at radius 2 is 1.78 bits per heavy atom. The number of carbonyl (C=O) groups is 1. The first-order chi connectivity index (χ1) is 15.7. The Hall–Kier alpha value is -2.68. The second-order valence-corrected chi connectivity index (χ2v) is 8.77. The first-order valence-electron chi connectivity index (χ1n) is 11.6. The van der Waals surface area contributed by atoms with Crippen LogP contribution in [0.15, 0.2) is 54.6 Å². The number of rotatable bonds is 6. The Morgan fingerprint density at radius 3 is 2.50 bits per heavy atom. The number of piperidine rings is 1. The number of amides is 1. The number of halogens is 1. The summed E-state index contributed by atoms with van der Waals surface area (Å²) in [6.07, 6.45) is 4.15. The van der Waals surface area contributed by atoms with Gasteiger partial charge in [-0.05, 0) is 62.9 Å². The first-order valence-corrected chi connectivity index (χ1v) is 11.6. The van der Waals surface area contributed by atoms with Crippen LogP contribution >= 0.6 is 0 Å². The van der Waals surface area contributed by atoms with Crippen molar-refractivity contribution in [3.63, 3.8) is 0 Å². The summed E-state index contributed by atoms with van der Waals surface area (Å²) in [6, 6.07) is 16.6. The molecule has 0 aromatic heterocycles. The summed E-state index contributed by atoms with van der Waals surface area (Å²) >= 11 is 0. The van der Waals surface area contributed by atoms with E-state index >= 15 is 0 Å². The highest BCUT2D eigenvalue weighted by atomic mass is 19.1. The molecule has 2 aliphatic rings. The molecule has 0 saturated carbocycles. The topological polar surface area (TPSA) is 32.8 Å². The molecule has 2 heterocycles. The third-order valence-corrected chi connectivity index (χ3v) is 6.36. The van der Waals surface area contributed by atoms with E-state index in [-0.39, 0.29) is 17.8 Å². The number of ether oxygens (including phenoxy) is 1. The molecule has 0 aliphatic carbocycles. The van der Waals surface area contributed by atoms with Gasteiger partial charge in [0.1, 0.15) is 5.82 Å². The maximum Gasteiger partial charge on any atom is 0.298 e. The van der Waals surface area contributed by atoms with Crippen LogP contribution in [0.3, 0.4) is 0 Å². The van der Waals surface area contributed by atoms with Crippen molar-refractivity contribution >= 4 is 5.91 Å². The summed E-state index contributed by atoms with van der Waals surface area (Å²) in [5, 5.41) is 0. The van der Waals surface area contributed by atoms with Gasteiger partial charge in [0, 0.05) is 43.3 Å². The smallest absolute Gasteiger partial charge is 0.298 e. The number of carbonyl (C=O) groups excluding carboxylic acids is 1. The van der Waals surface area contributed by atoms with Crippen LogP contribution in [0, 0.1) is 23.6 Å². The molecule has 1 atom stereocenters. The van der Waals surface area contributed by atoms with E-state index in [1.165, 1.54) is 6.07 Å². The number of hydrogen-bond donors (Lipinski definition) is 0. The van der Waals surface area contributed by atoms with Crippen LogP contribution in [0.2, 0.25) is 0 Å². The predicted octanol–water partition coefficient (Wildman–Crippen LogP) is 4.10. The normalized spacial score (nSPS) is 19.3. The fraction of sp³-hybridized carbons (Fsp3) is 0.444. The molecular weight excluding hydrogens is 403 g/mol. The van der Waals surface area contributed by atoms with Gasteiger partial charge < -0.3 is 9.64 Å². The molecule has 2 aromatic rings. The van der Waals surface area contributed by atoms with Crippen LogP contribution in [0.5, 0.6) is 0 Å². The SMILES string of the molecule is O=C(C#Cc1ccccc1)N(CC1CCN(Cc2ccccc2F)CC1)CC1CCCO1. The zero-order valence-corrected chi connectivity index (χ0v) is 18.5. The molecule has 2 aromatic carbocycles. The average Bonchev–Trinajstić information content (AvgIpc) is 3.34. The van der Waals surface area contributed by atoms with Crippen molar-refractivity contribution in [2.75, 3.05) is 32.8 Å². The van der Waals surface area contributed by atoms with Crippen molar-refractivity contribution in [3.05, 3.63) is 71.5 Å².